The second-order valence-electron chi connectivity index (χ2n) is 4.94. The summed E-state index contributed by atoms with van der Waals surface area (Å²) in [5, 5.41) is 14.2. The lowest BCUT2D eigenvalue weighted by Crippen LogP contribution is -2.44. The van der Waals surface area contributed by atoms with E-state index in [2.05, 4.69) is 11.6 Å². The molecule has 1 aliphatic carbocycles. The van der Waals surface area contributed by atoms with Crippen molar-refractivity contribution in [2.24, 2.45) is 0 Å². The van der Waals surface area contributed by atoms with E-state index in [4.69, 9.17) is 11.6 Å². The molecule has 1 aliphatic rings. The molecule has 2 rings (SSSR count). The number of aliphatic hydroxyl groups is 1. The summed E-state index contributed by atoms with van der Waals surface area (Å²) in [4.78, 5) is 0. The summed E-state index contributed by atoms with van der Waals surface area (Å²) in [5.74, 6) is 0. The van der Waals surface area contributed by atoms with E-state index in [-0.39, 0.29) is 0 Å². The van der Waals surface area contributed by atoms with Crippen molar-refractivity contribution in [1.29, 1.82) is 0 Å². The number of rotatable bonds is 6. The van der Waals surface area contributed by atoms with Gasteiger partial charge in [-0.05, 0) is 36.8 Å². The van der Waals surface area contributed by atoms with Gasteiger partial charge in [0.2, 0.25) is 0 Å². The summed E-state index contributed by atoms with van der Waals surface area (Å²) >= 11 is 7.77. The molecule has 1 fully saturated rings. The van der Waals surface area contributed by atoms with Gasteiger partial charge >= 0.3 is 0 Å². The fourth-order valence-corrected chi connectivity index (χ4v) is 3.33. The molecule has 1 atom stereocenters. The molecular formula is C14H20ClNOS. The van der Waals surface area contributed by atoms with E-state index < -0.39 is 6.10 Å². The van der Waals surface area contributed by atoms with Gasteiger partial charge in [-0.1, -0.05) is 30.2 Å². The highest BCUT2D eigenvalue weighted by molar-refractivity contribution is 8.00. The smallest absolute Gasteiger partial charge is 0.0914 e. The van der Waals surface area contributed by atoms with E-state index in [9.17, 15) is 5.11 Å². The Labute approximate surface area is 118 Å². The molecule has 0 bridgehead atoms. The molecule has 4 heteroatoms. The first kappa shape index (κ1) is 14.2. The highest BCUT2D eigenvalue weighted by Crippen LogP contribution is 2.42. The second-order valence-corrected chi connectivity index (χ2v) is 6.65. The molecule has 1 aromatic carbocycles. The SMILES string of the molecule is CSC1(CNCC(O)c2ccc(Cl)cc2)CCC1. The molecule has 1 aromatic rings. The molecule has 0 amide bonds. The molecule has 18 heavy (non-hydrogen) atoms. The van der Waals surface area contributed by atoms with Crippen LogP contribution in [-0.4, -0.2) is 29.2 Å². The fourth-order valence-electron chi connectivity index (χ4n) is 2.26. The maximum atomic E-state index is 10.1. The first-order chi connectivity index (χ1) is 8.65. The average Bonchev–Trinajstić information content (AvgIpc) is 2.33. The predicted molar refractivity (Wildman–Crippen MR) is 79.4 cm³/mol. The summed E-state index contributed by atoms with van der Waals surface area (Å²) in [7, 11) is 0. The highest BCUT2D eigenvalue weighted by atomic mass is 35.5. The molecule has 0 heterocycles. The third-order valence-corrected chi connectivity index (χ3v) is 5.41. The highest BCUT2D eigenvalue weighted by Gasteiger charge is 2.35. The maximum Gasteiger partial charge on any atom is 0.0914 e. The Kier molecular flexibility index (Phi) is 4.96. The van der Waals surface area contributed by atoms with E-state index in [1.807, 2.05) is 36.0 Å². The van der Waals surface area contributed by atoms with Gasteiger partial charge in [0.25, 0.3) is 0 Å². The lowest BCUT2D eigenvalue weighted by Gasteiger charge is -2.40. The van der Waals surface area contributed by atoms with Gasteiger partial charge in [-0.2, -0.15) is 11.8 Å². The normalized spacial score (nSPS) is 19.3. The molecule has 2 nitrogen and oxygen atoms in total. The number of hydrogen-bond donors (Lipinski definition) is 2. The third-order valence-electron chi connectivity index (χ3n) is 3.74. The summed E-state index contributed by atoms with van der Waals surface area (Å²) in [6, 6.07) is 7.38. The standard InChI is InChI=1S/C14H20ClNOS/c1-18-14(7-2-8-14)10-16-9-13(17)11-3-5-12(15)6-4-11/h3-6,13,16-17H,2,7-10H2,1H3. The molecule has 2 N–H and O–H groups in total. The zero-order valence-corrected chi connectivity index (χ0v) is 12.2. The van der Waals surface area contributed by atoms with Crippen molar-refractivity contribution < 1.29 is 5.11 Å². The van der Waals surface area contributed by atoms with Crippen molar-refractivity contribution >= 4 is 23.4 Å². The zero-order valence-electron chi connectivity index (χ0n) is 10.7. The summed E-state index contributed by atoms with van der Waals surface area (Å²) in [6.45, 7) is 1.59. The average molecular weight is 286 g/mol. The van der Waals surface area contributed by atoms with Gasteiger partial charge < -0.3 is 10.4 Å². The van der Waals surface area contributed by atoms with Gasteiger partial charge in [-0.15, -0.1) is 0 Å². The zero-order chi connectivity index (χ0) is 13.0. The fraction of sp³-hybridized carbons (Fsp3) is 0.571. The van der Waals surface area contributed by atoms with Crippen LogP contribution in [0.25, 0.3) is 0 Å². The van der Waals surface area contributed by atoms with Gasteiger partial charge in [0.15, 0.2) is 0 Å². The molecular weight excluding hydrogens is 266 g/mol. The van der Waals surface area contributed by atoms with Gasteiger partial charge in [0.05, 0.1) is 6.10 Å². The van der Waals surface area contributed by atoms with Crippen LogP contribution >= 0.6 is 23.4 Å². The minimum Gasteiger partial charge on any atom is -0.387 e. The summed E-state index contributed by atoms with van der Waals surface area (Å²) in [6.07, 6.45) is 5.64. The first-order valence-corrected chi connectivity index (χ1v) is 7.95. The number of aliphatic hydroxyl groups excluding tert-OH is 1. The van der Waals surface area contributed by atoms with Gasteiger partial charge in [-0.25, -0.2) is 0 Å². The van der Waals surface area contributed by atoms with Crippen LogP contribution in [0, 0.1) is 0 Å². The van der Waals surface area contributed by atoms with Crippen molar-refractivity contribution in [2.45, 2.75) is 30.1 Å². The Morgan fingerprint density at radius 2 is 2.06 bits per heavy atom. The monoisotopic (exact) mass is 285 g/mol. The Hall–Kier alpha value is -0.220. The van der Waals surface area contributed by atoms with E-state index in [0.29, 0.717) is 16.3 Å². The van der Waals surface area contributed by atoms with E-state index in [1.165, 1.54) is 19.3 Å². The largest absolute Gasteiger partial charge is 0.387 e. The number of nitrogens with one attached hydrogen (secondary N) is 1. The van der Waals surface area contributed by atoms with Gasteiger partial charge in [-0.3, -0.25) is 0 Å². The lowest BCUT2D eigenvalue weighted by atomic mass is 9.84. The molecule has 0 aliphatic heterocycles. The third kappa shape index (κ3) is 3.41. The van der Waals surface area contributed by atoms with Crippen LogP contribution in [0.15, 0.2) is 24.3 Å². The molecule has 1 unspecified atom stereocenters. The van der Waals surface area contributed by atoms with E-state index in [1.54, 1.807) is 0 Å². The lowest BCUT2D eigenvalue weighted by molar-refractivity contribution is 0.171. The Bertz CT molecular complexity index is 372. The Balaban J connectivity index is 1.78. The van der Waals surface area contributed by atoms with Crippen molar-refractivity contribution in [2.75, 3.05) is 19.3 Å². The number of benzene rings is 1. The van der Waals surface area contributed by atoms with Crippen LogP contribution in [0.1, 0.15) is 30.9 Å². The minimum atomic E-state index is -0.457. The van der Waals surface area contributed by atoms with Crippen molar-refractivity contribution in [3.63, 3.8) is 0 Å². The molecule has 1 saturated carbocycles. The topological polar surface area (TPSA) is 32.3 Å². The van der Waals surface area contributed by atoms with E-state index >= 15 is 0 Å². The maximum absolute atomic E-state index is 10.1. The van der Waals surface area contributed by atoms with Gasteiger partial charge in [0, 0.05) is 22.9 Å². The first-order valence-electron chi connectivity index (χ1n) is 6.35. The number of thioether (sulfide) groups is 1. The van der Waals surface area contributed by atoms with E-state index in [0.717, 1.165) is 12.1 Å². The Morgan fingerprint density at radius 1 is 1.39 bits per heavy atom. The van der Waals surface area contributed by atoms with Crippen molar-refractivity contribution in [3.8, 4) is 0 Å². The summed E-state index contributed by atoms with van der Waals surface area (Å²) < 4.78 is 0.416. The molecule has 0 aromatic heterocycles. The van der Waals surface area contributed by atoms with Crippen molar-refractivity contribution in [1.82, 2.24) is 5.32 Å². The Morgan fingerprint density at radius 3 is 2.56 bits per heavy atom. The van der Waals surface area contributed by atoms with Crippen LogP contribution in [0.2, 0.25) is 5.02 Å². The summed E-state index contributed by atoms with van der Waals surface area (Å²) in [5.41, 5.74) is 0.915. The van der Waals surface area contributed by atoms with Crippen LogP contribution < -0.4 is 5.32 Å². The van der Waals surface area contributed by atoms with Crippen LogP contribution in [0.3, 0.4) is 0 Å². The second kappa shape index (κ2) is 6.29. The van der Waals surface area contributed by atoms with Crippen LogP contribution in [0.5, 0.6) is 0 Å². The van der Waals surface area contributed by atoms with Crippen LogP contribution in [-0.2, 0) is 0 Å². The quantitative estimate of drug-likeness (QED) is 0.841. The molecule has 0 radical (unpaired) electrons. The minimum absolute atomic E-state index is 0.416. The van der Waals surface area contributed by atoms with Gasteiger partial charge in [0.1, 0.15) is 0 Å². The van der Waals surface area contributed by atoms with Crippen molar-refractivity contribution in [3.05, 3.63) is 34.9 Å². The molecule has 100 valence electrons. The predicted octanol–water partition coefficient (Wildman–Crippen LogP) is 3.25. The molecule has 0 spiro atoms. The number of hydrogen-bond acceptors (Lipinski definition) is 3. The number of halogens is 1. The van der Waals surface area contributed by atoms with Crippen LogP contribution in [0.4, 0.5) is 0 Å². The molecule has 0 saturated heterocycles.